The zero-order valence-electron chi connectivity index (χ0n) is 11.2. The Morgan fingerprint density at radius 3 is 2.62 bits per heavy atom. The van der Waals surface area contributed by atoms with E-state index >= 15 is 0 Å². The molecule has 0 radical (unpaired) electrons. The minimum absolute atomic E-state index is 0.0208. The number of sulfone groups is 1. The van der Waals surface area contributed by atoms with Crippen LogP contribution < -0.4 is 4.74 Å². The summed E-state index contributed by atoms with van der Waals surface area (Å²) in [6.07, 6.45) is 0. The molecule has 0 saturated carbocycles. The van der Waals surface area contributed by atoms with Crippen LogP contribution in [0.1, 0.15) is 5.56 Å². The standard InChI is InChI=1S/C14H12N2O3S2/c1-19-13-15-14(20-16-13)21(17,18)9-10-6-7-11-4-2-3-5-12(11)8-10/h2-8H,9H2,1H3. The molecule has 21 heavy (non-hydrogen) atoms. The third kappa shape index (κ3) is 2.88. The highest BCUT2D eigenvalue weighted by Crippen LogP contribution is 2.23. The molecule has 0 bridgehead atoms. The van der Waals surface area contributed by atoms with Crippen LogP contribution in [0.3, 0.4) is 0 Å². The number of hydrogen-bond acceptors (Lipinski definition) is 6. The number of fused-ring (bicyclic) bond motifs is 1. The van der Waals surface area contributed by atoms with E-state index in [-0.39, 0.29) is 16.1 Å². The van der Waals surface area contributed by atoms with Gasteiger partial charge in [0.1, 0.15) is 0 Å². The molecular formula is C14H12N2O3S2. The maximum Gasteiger partial charge on any atom is 0.329 e. The third-order valence-electron chi connectivity index (χ3n) is 3.01. The molecule has 0 aliphatic rings. The number of rotatable bonds is 4. The molecule has 2 aromatic carbocycles. The van der Waals surface area contributed by atoms with E-state index in [1.807, 2.05) is 42.5 Å². The fourth-order valence-corrected chi connectivity index (χ4v) is 4.11. The molecule has 0 saturated heterocycles. The molecule has 3 aromatic rings. The van der Waals surface area contributed by atoms with E-state index in [4.69, 9.17) is 4.74 Å². The van der Waals surface area contributed by atoms with E-state index < -0.39 is 9.84 Å². The molecule has 0 spiro atoms. The van der Waals surface area contributed by atoms with E-state index in [2.05, 4.69) is 9.36 Å². The maximum absolute atomic E-state index is 12.3. The molecule has 0 aliphatic carbocycles. The molecule has 0 fully saturated rings. The molecule has 1 aromatic heterocycles. The molecule has 108 valence electrons. The number of aromatic nitrogens is 2. The van der Waals surface area contributed by atoms with Gasteiger partial charge in [-0.25, -0.2) is 8.42 Å². The Morgan fingerprint density at radius 1 is 1.14 bits per heavy atom. The largest absolute Gasteiger partial charge is 0.466 e. The van der Waals surface area contributed by atoms with Gasteiger partial charge in [-0.2, -0.15) is 4.98 Å². The molecule has 1 heterocycles. The number of nitrogens with zero attached hydrogens (tertiary/aromatic N) is 2. The first-order valence-corrected chi connectivity index (χ1v) is 8.59. The van der Waals surface area contributed by atoms with Gasteiger partial charge in [-0.1, -0.05) is 42.5 Å². The van der Waals surface area contributed by atoms with Crippen LogP contribution in [0.2, 0.25) is 0 Å². The number of ether oxygens (including phenoxy) is 1. The van der Waals surface area contributed by atoms with Crippen LogP contribution in [0.25, 0.3) is 10.8 Å². The normalized spacial score (nSPS) is 11.7. The first-order chi connectivity index (χ1) is 10.1. The predicted molar refractivity (Wildman–Crippen MR) is 81.3 cm³/mol. The Hall–Kier alpha value is -1.99. The van der Waals surface area contributed by atoms with Crippen LogP contribution in [0.4, 0.5) is 0 Å². The van der Waals surface area contributed by atoms with Gasteiger partial charge in [0.2, 0.25) is 14.2 Å². The van der Waals surface area contributed by atoms with E-state index in [1.54, 1.807) is 0 Å². The van der Waals surface area contributed by atoms with Crippen molar-refractivity contribution in [3.63, 3.8) is 0 Å². The van der Waals surface area contributed by atoms with Crippen molar-refractivity contribution in [1.29, 1.82) is 0 Å². The average molecular weight is 320 g/mol. The number of methoxy groups -OCH3 is 1. The van der Waals surface area contributed by atoms with Gasteiger partial charge in [-0.05, 0) is 16.3 Å². The molecule has 7 heteroatoms. The molecule has 0 unspecified atom stereocenters. The lowest BCUT2D eigenvalue weighted by atomic mass is 10.1. The molecular weight excluding hydrogens is 308 g/mol. The summed E-state index contributed by atoms with van der Waals surface area (Å²) < 4.78 is 33.3. The van der Waals surface area contributed by atoms with Crippen LogP contribution in [0, 0.1) is 0 Å². The van der Waals surface area contributed by atoms with Gasteiger partial charge in [0.15, 0.2) is 0 Å². The molecule has 0 aliphatic heterocycles. The van der Waals surface area contributed by atoms with Crippen LogP contribution in [-0.4, -0.2) is 24.9 Å². The van der Waals surface area contributed by atoms with Gasteiger partial charge in [-0.3, -0.25) is 0 Å². The summed E-state index contributed by atoms with van der Waals surface area (Å²) in [6, 6.07) is 13.5. The lowest BCUT2D eigenvalue weighted by molar-refractivity contribution is 0.383. The van der Waals surface area contributed by atoms with Gasteiger partial charge < -0.3 is 4.74 Å². The second kappa shape index (κ2) is 5.42. The second-order valence-corrected chi connectivity index (χ2v) is 7.40. The summed E-state index contributed by atoms with van der Waals surface area (Å²) in [5.41, 5.74) is 0.725. The zero-order chi connectivity index (χ0) is 14.9. The average Bonchev–Trinajstić information content (AvgIpc) is 2.96. The summed E-state index contributed by atoms with van der Waals surface area (Å²) in [4.78, 5) is 3.86. The van der Waals surface area contributed by atoms with Crippen molar-refractivity contribution in [2.75, 3.05) is 7.11 Å². The summed E-state index contributed by atoms with van der Waals surface area (Å²) in [5.74, 6) is -0.101. The summed E-state index contributed by atoms with van der Waals surface area (Å²) in [7, 11) is -2.10. The second-order valence-electron chi connectivity index (χ2n) is 4.49. The predicted octanol–water partition coefficient (Wildman–Crippen LogP) is 2.67. The minimum atomic E-state index is -3.51. The Bertz CT molecular complexity index is 888. The highest BCUT2D eigenvalue weighted by molar-refractivity contribution is 7.92. The fraction of sp³-hybridized carbons (Fsp3) is 0.143. The van der Waals surface area contributed by atoms with E-state index in [0.29, 0.717) is 0 Å². The topological polar surface area (TPSA) is 69.2 Å². The highest BCUT2D eigenvalue weighted by Gasteiger charge is 2.21. The molecule has 0 amide bonds. The third-order valence-corrected chi connectivity index (χ3v) is 5.83. The van der Waals surface area contributed by atoms with Crippen LogP contribution in [0.15, 0.2) is 46.8 Å². The van der Waals surface area contributed by atoms with Crippen molar-refractivity contribution in [2.45, 2.75) is 10.1 Å². The van der Waals surface area contributed by atoms with Crippen LogP contribution >= 0.6 is 11.5 Å². The Labute approximate surface area is 126 Å². The summed E-state index contributed by atoms with van der Waals surface area (Å²) >= 11 is 0.830. The van der Waals surface area contributed by atoms with Crippen molar-refractivity contribution in [1.82, 2.24) is 9.36 Å². The van der Waals surface area contributed by atoms with Gasteiger partial charge >= 0.3 is 6.01 Å². The Kier molecular flexibility index (Phi) is 3.60. The van der Waals surface area contributed by atoms with Crippen LogP contribution in [-0.2, 0) is 15.6 Å². The van der Waals surface area contributed by atoms with Crippen molar-refractivity contribution in [3.8, 4) is 6.01 Å². The highest BCUT2D eigenvalue weighted by atomic mass is 32.2. The monoisotopic (exact) mass is 320 g/mol. The lowest BCUT2D eigenvalue weighted by Crippen LogP contribution is -2.04. The van der Waals surface area contributed by atoms with Crippen LogP contribution in [0.5, 0.6) is 6.01 Å². The Balaban J connectivity index is 1.93. The van der Waals surface area contributed by atoms with Crippen molar-refractivity contribution in [2.24, 2.45) is 0 Å². The summed E-state index contributed by atoms with van der Waals surface area (Å²) in [6.45, 7) is 0. The van der Waals surface area contributed by atoms with Crippen molar-refractivity contribution < 1.29 is 13.2 Å². The molecule has 0 atom stereocenters. The summed E-state index contributed by atoms with van der Waals surface area (Å²) in [5, 5.41) is 2.09. The van der Waals surface area contributed by atoms with E-state index in [1.165, 1.54) is 7.11 Å². The first kappa shape index (κ1) is 14.0. The van der Waals surface area contributed by atoms with Gasteiger partial charge in [-0.15, -0.1) is 4.37 Å². The van der Waals surface area contributed by atoms with Gasteiger partial charge in [0, 0.05) is 11.5 Å². The van der Waals surface area contributed by atoms with Gasteiger partial charge in [0.05, 0.1) is 12.9 Å². The number of hydrogen-bond donors (Lipinski definition) is 0. The molecule has 5 nitrogen and oxygen atoms in total. The smallest absolute Gasteiger partial charge is 0.329 e. The maximum atomic E-state index is 12.3. The van der Waals surface area contributed by atoms with E-state index in [0.717, 1.165) is 27.9 Å². The van der Waals surface area contributed by atoms with Crippen molar-refractivity contribution in [3.05, 3.63) is 48.0 Å². The Morgan fingerprint density at radius 2 is 1.90 bits per heavy atom. The minimum Gasteiger partial charge on any atom is -0.466 e. The molecule has 3 rings (SSSR count). The zero-order valence-corrected chi connectivity index (χ0v) is 12.8. The molecule has 0 N–H and O–H groups in total. The quantitative estimate of drug-likeness (QED) is 0.739. The fourth-order valence-electron chi connectivity index (χ4n) is 2.02. The SMILES string of the molecule is COc1nsc(S(=O)(=O)Cc2ccc3ccccc3c2)n1. The number of benzene rings is 2. The first-order valence-electron chi connectivity index (χ1n) is 6.16. The van der Waals surface area contributed by atoms with Crippen molar-refractivity contribution >= 4 is 32.1 Å². The lowest BCUT2D eigenvalue weighted by Gasteiger charge is -2.03. The van der Waals surface area contributed by atoms with E-state index in [9.17, 15) is 8.42 Å². The van der Waals surface area contributed by atoms with Gasteiger partial charge in [0.25, 0.3) is 0 Å².